The van der Waals surface area contributed by atoms with Crippen LogP contribution in [0, 0.1) is 17.3 Å². The van der Waals surface area contributed by atoms with Crippen LogP contribution in [0.15, 0.2) is 22.7 Å². The zero-order valence-electron chi connectivity index (χ0n) is 9.76. The Morgan fingerprint density at radius 1 is 1.35 bits per heavy atom. The zero-order chi connectivity index (χ0) is 12.0. The molecule has 0 aromatic heterocycles. The van der Waals surface area contributed by atoms with E-state index in [4.69, 9.17) is 17.3 Å². The number of nitrogens with two attached hydrogens (primary N) is 1. The Balaban J connectivity index is 1.81. The van der Waals surface area contributed by atoms with E-state index in [-0.39, 0.29) is 0 Å². The summed E-state index contributed by atoms with van der Waals surface area (Å²) in [6, 6.07) is 6.19. The fourth-order valence-electron chi connectivity index (χ4n) is 3.46. The van der Waals surface area contributed by atoms with Gasteiger partial charge in [0.25, 0.3) is 0 Å². The zero-order valence-corrected chi connectivity index (χ0v) is 12.1. The van der Waals surface area contributed by atoms with E-state index in [1.54, 1.807) is 0 Å². The second-order valence-electron chi connectivity index (χ2n) is 5.78. The number of rotatable bonds is 3. The van der Waals surface area contributed by atoms with Crippen molar-refractivity contribution in [2.45, 2.75) is 25.7 Å². The minimum atomic E-state index is 0.324. The average molecular weight is 315 g/mol. The lowest BCUT2D eigenvalue weighted by molar-refractivity contribution is 0.273. The summed E-state index contributed by atoms with van der Waals surface area (Å²) in [5.74, 6) is 1.93. The molecule has 2 atom stereocenters. The van der Waals surface area contributed by atoms with E-state index in [1.165, 1.54) is 24.8 Å². The number of hydrogen-bond acceptors (Lipinski definition) is 1. The largest absolute Gasteiger partial charge is 0.330 e. The van der Waals surface area contributed by atoms with Crippen LogP contribution in [-0.4, -0.2) is 6.54 Å². The summed E-state index contributed by atoms with van der Waals surface area (Å²) in [6.07, 6.45) is 5.10. The first-order valence-electron chi connectivity index (χ1n) is 6.26. The molecule has 0 aliphatic heterocycles. The second kappa shape index (κ2) is 4.25. The molecule has 0 saturated heterocycles. The predicted octanol–water partition coefficient (Wildman–Crippen LogP) is 4.02. The van der Waals surface area contributed by atoms with Crippen molar-refractivity contribution in [2.75, 3.05) is 6.54 Å². The van der Waals surface area contributed by atoms with Gasteiger partial charge in [-0.15, -0.1) is 0 Å². The Morgan fingerprint density at radius 2 is 2.06 bits per heavy atom. The smallest absolute Gasteiger partial charge is 0.0449 e. The molecule has 0 bridgehead atoms. The molecule has 0 amide bonds. The first-order valence-corrected chi connectivity index (χ1v) is 7.43. The fraction of sp³-hybridized carbons (Fsp3) is 0.571. The first-order chi connectivity index (χ1) is 8.12. The van der Waals surface area contributed by atoms with E-state index in [2.05, 4.69) is 28.1 Å². The molecular formula is C14H17BrClN. The summed E-state index contributed by atoms with van der Waals surface area (Å²) >= 11 is 9.75. The molecule has 1 nitrogen and oxygen atoms in total. The van der Waals surface area contributed by atoms with Crippen LogP contribution < -0.4 is 5.73 Å². The van der Waals surface area contributed by atoms with Gasteiger partial charge in [-0.2, -0.15) is 0 Å². The van der Waals surface area contributed by atoms with Crippen molar-refractivity contribution in [2.24, 2.45) is 23.0 Å². The molecule has 17 heavy (non-hydrogen) atoms. The van der Waals surface area contributed by atoms with Gasteiger partial charge in [0, 0.05) is 9.50 Å². The number of halogens is 2. The highest BCUT2D eigenvalue weighted by atomic mass is 79.9. The van der Waals surface area contributed by atoms with Gasteiger partial charge in [0.05, 0.1) is 0 Å². The highest BCUT2D eigenvalue weighted by molar-refractivity contribution is 9.10. The van der Waals surface area contributed by atoms with Gasteiger partial charge in [-0.3, -0.25) is 0 Å². The van der Waals surface area contributed by atoms with Crippen molar-refractivity contribution in [1.29, 1.82) is 0 Å². The number of benzene rings is 1. The van der Waals surface area contributed by atoms with Gasteiger partial charge in [-0.05, 0) is 67.2 Å². The van der Waals surface area contributed by atoms with E-state index >= 15 is 0 Å². The van der Waals surface area contributed by atoms with Gasteiger partial charge < -0.3 is 5.73 Å². The highest BCUT2D eigenvalue weighted by Crippen LogP contribution is 2.60. The van der Waals surface area contributed by atoms with Crippen LogP contribution in [-0.2, 0) is 6.42 Å². The molecule has 3 heteroatoms. The SMILES string of the molecule is NCC1(Cc2ccc(Br)cc2Cl)CC2CC2C1. The Hall–Kier alpha value is -0.0500. The molecule has 0 spiro atoms. The quantitative estimate of drug-likeness (QED) is 0.896. The van der Waals surface area contributed by atoms with E-state index in [9.17, 15) is 0 Å². The molecule has 92 valence electrons. The highest BCUT2D eigenvalue weighted by Gasteiger charge is 2.52. The predicted molar refractivity (Wildman–Crippen MR) is 75.2 cm³/mol. The number of hydrogen-bond donors (Lipinski definition) is 1. The van der Waals surface area contributed by atoms with Crippen LogP contribution in [0.2, 0.25) is 5.02 Å². The molecular weight excluding hydrogens is 298 g/mol. The summed E-state index contributed by atoms with van der Waals surface area (Å²) < 4.78 is 1.04. The Labute approximate surface area is 116 Å². The maximum atomic E-state index is 6.30. The molecule has 2 aliphatic carbocycles. The van der Waals surface area contributed by atoms with Gasteiger partial charge >= 0.3 is 0 Å². The monoisotopic (exact) mass is 313 g/mol. The van der Waals surface area contributed by atoms with Crippen LogP contribution in [0.3, 0.4) is 0 Å². The van der Waals surface area contributed by atoms with Gasteiger partial charge in [-0.1, -0.05) is 33.6 Å². The molecule has 2 N–H and O–H groups in total. The molecule has 2 unspecified atom stereocenters. The summed E-state index contributed by atoms with van der Waals surface area (Å²) in [7, 11) is 0. The maximum Gasteiger partial charge on any atom is 0.0449 e. The molecule has 2 aliphatic rings. The fourth-order valence-corrected chi connectivity index (χ4v) is 4.20. The molecule has 1 aromatic carbocycles. The topological polar surface area (TPSA) is 26.0 Å². The summed E-state index contributed by atoms with van der Waals surface area (Å²) in [6.45, 7) is 0.798. The Morgan fingerprint density at radius 3 is 2.65 bits per heavy atom. The summed E-state index contributed by atoms with van der Waals surface area (Å²) in [5, 5.41) is 0.868. The third-order valence-corrected chi connectivity index (χ3v) is 5.32. The van der Waals surface area contributed by atoms with E-state index < -0.39 is 0 Å². The van der Waals surface area contributed by atoms with Crippen molar-refractivity contribution in [1.82, 2.24) is 0 Å². The Kier molecular flexibility index (Phi) is 3.00. The molecule has 2 fully saturated rings. The van der Waals surface area contributed by atoms with Crippen LogP contribution in [0.4, 0.5) is 0 Å². The second-order valence-corrected chi connectivity index (χ2v) is 7.10. The van der Waals surface area contributed by atoms with Gasteiger partial charge in [0.2, 0.25) is 0 Å². The molecule has 2 saturated carbocycles. The van der Waals surface area contributed by atoms with Crippen molar-refractivity contribution < 1.29 is 0 Å². The molecule has 1 aromatic rings. The van der Waals surface area contributed by atoms with Crippen molar-refractivity contribution in [3.63, 3.8) is 0 Å². The maximum absolute atomic E-state index is 6.30. The lowest BCUT2D eigenvalue weighted by Crippen LogP contribution is -2.31. The molecule has 0 radical (unpaired) electrons. The van der Waals surface area contributed by atoms with E-state index in [0.717, 1.165) is 34.3 Å². The molecule has 0 heterocycles. The van der Waals surface area contributed by atoms with Crippen molar-refractivity contribution >= 4 is 27.5 Å². The van der Waals surface area contributed by atoms with Gasteiger partial charge in [0.1, 0.15) is 0 Å². The first kappa shape index (κ1) is 12.0. The van der Waals surface area contributed by atoms with Crippen LogP contribution in [0.1, 0.15) is 24.8 Å². The van der Waals surface area contributed by atoms with Gasteiger partial charge in [-0.25, -0.2) is 0 Å². The standard InChI is InChI=1S/C14H17BrClN/c15-12-2-1-9(13(16)4-12)5-14(8-17)6-10-3-11(10)7-14/h1-2,4,10-11H,3,5-8,17H2. The van der Waals surface area contributed by atoms with E-state index in [0.29, 0.717) is 5.41 Å². The summed E-state index contributed by atoms with van der Waals surface area (Å²) in [4.78, 5) is 0. The lowest BCUT2D eigenvalue weighted by Gasteiger charge is -2.29. The van der Waals surface area contributed by atoms with Crippen LogP contribution in [0.25, 0.3) is 0 Å². The summed E-state index contributed by atoms with van der Waals surface area (Å²) in [5.41, 5.74) is 7.60. The third-order valence-electron chi connectivity index (χ3n) is 4.47. The minimum absolute atomic E-state index is 0.324. The Bertz CT molecular complexity index is 436. The third kappa shape index (κ3) is 2.27. The average Bonchev–Trinajstić information content (AvgIpc) is 2.91. The van der Waals surface area contributed by atoms with Gasteiger partial charge in [0.15, 0.2) is 0 Å². The van der Waals surface area contributed by atoms with E-state index in [1.807, 2.05) is 6.07 Å². The lowest BCUT2D eigenvalue weighted by atomic mass is 9.77. The van der Waals surface area contributed by atoms with Crippen LogP contribution in [0.5, 0.6) is 0 Å². The minimum Gasteiger partial charge on any atom is -0.330 e. The van der Waals surface area contributed by atoms with Crippen molar-refractivity contribution in [3.05, 3.63) is 33.3 Å². The number of fused-ring (bicyclic) bond motifs is 1. The molecule has 3 rings (SSSR count). The normalized spacial score (nSPS) is 34.8. The van der Waals surface area contributed by atoms with Crippen LogP contribution >= 0.6 is 27.5 Å². The van der Waals surface area contributed by atoms with Crippen molar-refractivity contribution in [3.8, 4) is 0 Å².